The summed E-state index contributed by atoms with van der Waals surface area (Å²) in [6.07, 6.45) is 1.93. The van der Waals surface area contributed by atoms with E-state index >= 15 is 0 Å². The third-order valence-electron chi connectivity index (χ3n) is 3.65. The monoisotopic (exact) mass is 359 g/mol. The molecular weight excluding hydrogens is 338 g/mol. The van der Waals surface area contributed by atoms with Crippen LogP contribution in [0.25, 0.3) is 0 Å². The molecule has 1 N–H and O–H groups in total. The fraction of sp³-hybridized carbons (Fsp3) is 0.263. The number of carbonyl (C=O) groups excluding carboxylic acids is 2. The molecule has 0 atom stereocenters. The largest absolute Gasteiger partial charge is 0.482 e. The Morgan fingerprint density at radius 3 is 2.56 bits per heavy atom. The van der Waals surface area contributed by atoms with Crippen molar-refractivity contribution in [2.24, 2.45) is 0 Å². The Hall–Kier alpha value is -2.47. The second-order valence-corrected chi connectivity index (χ2v) is 6.24. The summed E-state index contributed by atoms with van der Waals surface area (Å²) < 4.78 is 10.4. The molecule has 0 unspecified atom stereocenters. The second kappa shape index (κ2) is 9.13. The van der Waals surface area contributed by atoms with Gasteiger partial charge in [-0.1, -0.05) is 24.3 Å². The predicted octanol–water partition coefficient (Wildman–Crippen LogP) is 3.59. The minimum atomic E-state index is -0.589. The minimum Gasteiger partial charge on any atom is -0.482 e. The van der Waals surface area contributed by atoms with Gasteiger partial charge in [-0.15, -0.1) is 11.8 Å². The van der Waals surface area contributed by atoms with Gasteiger partial charge in [-0.05, 0) is 49.4 Å². The van der Waals surface area contributed by atoms with Gasteiger partial charge in [0.1, 0.15) is 5.75 Å². The molecule has 5 nitrogen and oxygen atoms in total. The second-order valence-electron chi connectivity index (χ2n) is 5.40. The molecule has 2 aromatic rings. The van der Waals surface area contributed by atoms with Crippen LogP contribution in [0.2, 0.25) is 0 Å². The standard InChI is InChI=1S/C19H21NO4S/c1-13-7-6-9-16(14(13)2)23-12-19(22)24-11-18(21)20-15-8-4-5-10-17(15)25-3/h4-10H,11-12H2,1-3H3,(H,20,21). The molecule has 6 heteroatoms. The van der Waals surface area contributed by atoms with E-state index in [1.54, 1.807) is 12.1 Å². The van der Waals surface area contributed by atoms with Crippen molar-refractivity contribution in [2.75, 3.05) is 24.8 Å². The quantitative estimate of drug-likeness (QED) is 0.605. The van der Waals surface area contributed by atoms with E-state index in [1.807, 2.05) is 50.4 Å². The number of para-hydroxylation sites is 1. The molecular formula is C19H21NO4S. The molecule has 0 bridgehead atoms. The van der Waals surface area contributed by atoms with E-state index in [2.05, 4.69) is 5.32 Å². The van der Waals surface area contributed by atoms with Crippen molar-refractivity contribution in [3.8, 4) is 5.75 Å². The molecule has 0 radical (unpaired) electrons. The summed E-state index contributed by atoms with van der Waals surface area (Å²) in [4.78, 5) is 24.6. The van der Waals surface area contributed by atoms with E-state index in [0.29, 0.717) is 11.4 Å². The van der Waals surface area contributed by atoms with Crippen LogP contribution in [0.15, 0.2) is 47.4 Å². The lowest BCUT2D eigenvalue weighted by Crippen LogP contribution is -2.24. The fourth-order valence-electron chi connectivity index (χ4n) is 2.14. The van der Waals surface area contributed by atoms with E-state index < -0.39 is 5.97 Å². The molecule has 1 amide bonds. The highest BCUT2D eigenvalue weighted by Crippen LogP contribution is 2.24. The summed E-state index contributed by atoms with van der Waals surface area (Å²) in [6, 6.07) is 13.1. The van der Waals surface area contributed by atoms with E-state index in [1.165, 1.54) is 11.8 Å². The molecule has 0 saturated carbocycles. The van der Waals surface area contributed by atoms with Gasteiger partial charge >= 0.3 is 5.97 Å². The Bertz CT molecular complexity index is 761. The molecule has 0 spiro atoms. The highest BCUT2D eigenvalue weighted by Gasteiger charge is 2.11. The number of anilines is 1. The third kappa shape index (κ3) is 5.53. The van der Waals surface area contributed by atoms with Crippen LogP contribution in [-0.2, 0) is 14.3 Å². The smallest absolute Gasteiger partial charge is 0.344 e. The Labute approximate surface area is 151 Å². The molecule has 0 saturated heterocycles. The Morgan fingerprint density at radius 1 is 1.04 bits per heavy atom. The van der Waals surface area contributed by atoms with Crippen molar-refractivity contribution in [1.29, 1.82) is 0 Å². The predicted molar refractivity (Wildman–Crippen MR) is 99.2 cm³/mol. The lowest BCUT2D eigenvalue weighted by atomic mass is 10.1. The van der Waals surface area contributed by atoms with Gasteiger partial charge in [-0.25, -0.2) is 4.79 Å². The molecule has 0 aromatic heterocycles. The number of nitrogens with one attached hydrogen (secondary N) is 1. The first-order valence-electron chi connectivity index (χ1n) is 7.78. The summed E-state index contributed by atoms with van der Waals surface area (Å²) >= 11 is 1.53. The van der Waals surface area contributed by atoms with Gasteiger partial charge in [0.2, 0.25) is 0 Å². The molecule has 0 aliphatic carbocycles. The summed E-state index contributed by atoms with van der Waals surface area (Å²) in [5.74, 6) is -0.342. The fourth-order valence-corrected chi connectivity index (χ4v) is 2.69. The Kier molecular flexibility index (Phi) is 6.89. The highest BCUT2D eigenvalue weighted by atomic mass is 32.2. The summed E-state index contributed by atoms with van der Waals surface area (Å²) in [5, 5.41) is 2.73. The molecule has 2 aromatic carbocycles. The first kappa shape index (κ1) is 18.9. The van der Waals surface area contributed by atoms with Crippen LogP contribution >= 0.6 is 11.8 Å². The average Bonchev–Trinajstić information content (AvgIpc) is 2.61. The maximum absolute atomic E-state index is 11.9. The lowest BCUT2D eigenvalue weighted by molar-refractivity contribution is -0.149. The van der Waals surface area contributed by atoms with Crippen LogP contribution in [0.4, 0.5) is 5.69 Å². The zero-order valence-electron chi connectivity index (χ0n) is 14.5. The zero-order valence-corrected chi connectivity index (χ0v) is 15.3. The van der Waals surface area contributed by atoms with Gasteiger partial charge in [0, 0.05) is 4.90 Å². The molecule has 132 valence electrons. The first-order chi connectivity index (χ1) is 12.0. The normalized spacial score (nSPS) is 10.2. The molecule has 0 fully saturated rings. The maximum Gasteiger partial charge on any atom is 0.344 e. The van der Waals surface area contributed by atoms with Crippen LogP contribution in [-0.4, -0.2) is 31.3 Å². The maximum atomic E-state index is 11.9. The first-order valence-corrected chi connectivity index (χ1v) is 9.01. The van der Waals surface area contributed by atoms with Crippen molar-refractivity contribution < 1.29 is 19.1 Å². The van der Waals surface area contributed by atoms with Gasteiger partial charge in [-0.2, -0.15) is 0 Å². The average molecular weight is 359 g/mol. The Morgan fingerprint density at radius 2 is 1.80 bits per heavy atom. The topological polar surface area (TPSA) is 64.6 Å². The van der Waals surface area contributed by atoms with Crippen molar-refractivity contribution in [3.63, 3.8) is 0 Å². The number of ether oxygens (including phenoxy) is 2. The van der Waals surface area contributed by atoms with Crippen molar-refractivity contribution in [2.45, 2.75) is 18.7 Å². The van der Waals surface area contributed by atoms with Crippen molar-refractivity contribution >= 4 is 29.3 Å². The number of benzene rings is 2. The number of rotatable bonds is 7. The van der Waals surface area contributed by atoms with E-state index in [9.17, 15) is 9.59 Å². The summed E-state index contributed by atoms with van der Waals surface area (Å²) in [7, 11) is 0. The molecule has 0 aliphatic rings. The summed E-state index contributed by atoms with van der Waals surface area (Å²) in [5.41, 5.74) is 2.75. The number of hydrogen-bond acceptors (Lipinski definition) is 5. The molecule has 2 rings (SSSR count). The Balaban J connectivity index is 1.79. The third-order valence-corrected chi connectivity index (χ3v) is 4.44. The van der Waals surface area contributed by atoms with Crippen LogP contribution in [0.1, 0.15) is 11.1 Å². The summed E-state index contributed by atoms with van der Waals surface area (Å²) in [6.45, 7) is 3.31. The van der Waals surface area contributed by atoms with Crippen LogP contribution < -0.4 is 10.1 Å². The number of esters is 1. The van der Waals surface area contributed by atoms with Gasteiger partial charge < -0.3 is 14.8 Å². The number of thioether (sulfide) groups is 1. The van der Waals surface area contributed by atoms with Gasteiger partial charge in [0.25, 0.3) is 5.91 Å². The lowest BCUT2D eigenvalue weighted by Gasteiger charge is -2.11. The van der Waals surface area contributed by atoms with Gasteiger partial charge in [0.15, 0.2) is 13.2 Å². The van der Waals surface area contributed by atoms with E-state index in [4.69, 9.17) is 9.47 Å². The van der Waals surface area contributed by atoms with E-state index in [-0.39, 0.29) is 19.1 Å². The van der Waals surface area contributed by atoms with Gasteiger partial charge in [-0.3, -0.25) is 4.79 Å². The van der Waals surface area contributed by atoms with Gasteiger partial charge in [0.05, 0.1) is 5.69 Å². The van der Waals surface area contributed by atoms with Crippen molar-refractivity contribution in [3.05, 3.63) is 53.6 Å². The molecule has 0 aliphatic heterocycles. The number of aryl methyl sites for hydroxylation is 1. The number of carbonyl (C=O) groups is 2. The molecule has 0 heterocycles. The highest BCUT2D eigenvalue weighted by molar-refractivity contribution is 7.98. The SMILES string of the molecule is CSc1ccccc1NC(=O)COC(=O)COc1cccc(C)c1C. The zero-order chi connectivity index (χ0) is 18.2. The van der Waals surface area contributed by atoms with Crippen LogP contribution in [0.3, 0.4) is 0 Å². The van der Waals surface area contributed by atoms with Crippen molar-refractivity contribution in [1.82, 2.24) is 0 Å². The number of hydrogen-bond donors (Lipinski definition) is 1. The van der Waals surface area contributed by atoms with E-state index in [0.717, 1.165) is 16.0 Å². The molecule has 25 heavy (non-hydrogen) atoms. The van der Waals surface area contributed by atoms with Crippen LogP contribution in [0.5, 0.6) is 5.75 Å². The van der Waals surface area contributed by atoms with Crippen LogP contribution in [0, 0.1) is 13.8 Å². The number of amides is 1. The minimum absolute atomic E-state index is 0.237.